The van der Waals surface area contributed by atoms with Gasteiger partial charge in [-0.3, -0.25) is 29.4 Å². The Labute approximate surface area is 197 Å². The Kier molecular flexibility index (Phi) is 6.49. The summed E-state index contributed by atoms with van der Waals surface area (Å²) in [4.78, 5) is 52.1. The van der Waals surface area contributed by atoms with Crippen molar-refractivity contribution in [2.24, 2.45) is 0 Å². The number of nitrogens with zero attached hydrogens (tertiary/aromatic N) is 3. The fraction of sp³-hybridized carbons (Fsp3) is 0.375. The second-order valence-corrected chi connectivity index (χ2v) is 8.57. The molecule has 2 N–H and O–H groups in total. The van der Waals surface area contributed by atoms with Gasteiger partial charge in [-0.1, -0.05) is 24.3 Å². The van der Waals surface area contributed by atoms with Gasteiger partial charge in [0.1, 0.15) is 11.4 Å². The fourth-order valence-corrected chi connectivity index (χ4v) is 4.71. The predicted octanol–water partition coefficient (Wildman–Crippen LogP) is 2.90. The van der Waals surface area contributed by atoms with Crippen LogP contribution >= 0.6 is 0 Å². The Hall–Kier alpha value is -3.95. The summed E-state index contributed by atoms with van der Waals surface area (Å²) in [6.07, 6.45) is 1.60. The first kappa shape index (κ1) is 23.2. The molecule has 2 heterocycles. The summed E-state index contributed by atoms with van der Waals surface area (Å²) in [7, 11) is 0. The highest BCUT2D eigenvalue weighted by Crippen LogP contribution is 2.44. The van der Waals surface area contributed by atoms with E-state index in [1.165, 1.54) is 6.07 Å². The summed E-state index contributed by atoms with van der Waals surface area (Å²) in [5.74, 6) is -0.298. The van der Waals surface area contributed by atoms with E-state index in [1.54, 1.807) is 46.2 Å². The summed E-state index contributed by atoms with van der Waals surface area (Å²) in [6, 6.07) is 13.5. The number of anilines is 2. The number of carbonyl (C=O) groups excluding carboxylic acids is 3. The molecule has 2 aliphatic rings. The Bertz CT molecular complexity index is 1140. The van der Waals surface area contributed by atoms with Crippen molar-refractivity contribution in [1.82, 2.24) is 10.2 Å². The third-order valence-electron chi connectivity index (χ3n) is 6.39. The molecule has 10 nitrogen and oxygen atoms in total. The van der Waals surface area contributed by atoms with Crippen molar-refractivity contribution in [2.45, 2.75) is 38.3 Å². The number of carbonyl (C=O) groups is 3. The molecule has 0 aromatic heterocycles. The minimum Gasteiger partial charge on any atom is -0.378 e. The van der Waals surface area contributed by atoms with Gasteiger partial charge in [0.25, 0.3) is 11.6 Å². The molecule has 1 unspecified atom stereocenters. The van der Waals surface area contributed by atoms with Gasteiger partial charge in [-0.05, 0) is 38.0 Å². The lowest BCUT2D eigenvalue weighted by Crippen LogP contribution is -2.62. The maximum atomic E-state index is 13.2. The third-order valence-corrected chi connectivity index (χ3v) is 6.39. The van der Waals surface area contributed by atoms with Gasteiger partial charge in [0.2, 0.25) is 11.8 Å². The molecule has 2 aromatic carbocycles. The van der Waals surface area contributed by atoms with Gasteiger partial charge in [-0.2, -0.15) is 0 Å². The average Bonchev–Trinajstić information content (AvgIpc) is 3.14. The van der Waals surface area contributed by atoms with E-state index in [4.69, 9.17) is 0 Å². The monoisotopic (exact) mass is 465 g/mol. The van der Waals surface area contributed by atoms with Crippen LogP contribution in [0.3, 0.4) is 0 Å². The first-order valence-corrected chi connectivity index (χ1v) is 11.3. The lowest BCUT2D eigenvalue weighted by Gasteiger charge is -2.48. The van der Waals surface area contributed by atoms with E-state index >= 15 is 0 Å². The Balaban J connectivity index is 1.29. The molecule has 178 valence electrons. The number of nitrogens with one attached hydrogen (secondary N) is 2. The van der Waals surface area contributed by atoms with Crippen LogP contribution in [0.25, 0.3) is 0 Å². The minimum absolute atomic E-state index is 0.00338. The third kappa shape index (κ3) is 4.30. The van der Waals surface area contributed by atoms with Gasteiger partial charge in [0, 0.05) is 38.5 Å². The molecule has 2 aromatic rings. The van der Waals surface area contributed by atoms with Crippen LogP contribution in [0.4, 0.5) is 17.1 Å². The molecule has 0 aliphatic carbocycles. The molecule has 1 saturated heterocycles. The number of nitro groups is 1. The zero-order valence-electron chi connectivity index (χ0n) is 19.0. The number of rotatable bonds is 9. The molecule has 34 heavy (non-hydrogen) atoms. The fourth-order valence-electron chi connectivity index (χ4n) is 4.71. The smallest absolute Gasteiger partial charge is 0.292 e. The van der Waals surface area contributed by atoms with Gasteiger partial charge in [-0.15, -0.1) is 0 Å². The molecular weight excluding hydrogens is 438 g/mol. The minimum atomic E-state index is -0.729. The van der Waals surface area contributed by atoms with Crippen molar-refractivity contribution in [3.05, 3.63) is 64.2 Å². The Morgan fingerprint density at radius 1 is 1.12 bits per heavy atom. The van der Waals surface area contributed by atoms with Crippen LogP contribution < -0.4 is 15.5 Å². The molecule has 10 heteroatoms. The van der Waals surface area contributed by atoms with Gasteiger partial charge in [0.05, 0.1) is 16.2 Å². The number of nitro benzene ring substituents is 1. The van der Waals surface area contributed by atoms with Gasteiger partial charge in [-0.25, -0.2) is 0 Å². The average molecular weight is 466 g/mol. The van der Waals surface area contributed by atoms with Crippen LogP contribution in [-0.2, 0) is 9.59 Å². The molecule has 2 aliphatic heterocycles. The van der Waals surface area contributed by atoms with E-state index in [0.717, 1.165) is 0 Å². The van der Waals surface area contributed by atoms with E-state index in [9.17, 15) is 24.5 Å². The number of para-hydroxylation sites is 3. The summed E-state index contributed by atoms with van der Waals surface area (Å²) < 4.78 is 0. The number of hydrogen-bond acceptors (Lipinski definition) is 6. The largest absolute Gasteiger partial charge is 0.378 e. The molecule has 1 atom stereocenters. The first-order valence-electron chi connectivity index (χ1n) is 11.3. The van der Waals surface area contributed by atoms with Crippen LogP contribution in [-0.4, -0.2) is 52.8 Å². The van der Waals surface area contributed by atoms with Gasteiger partial charge >= 0.3 is 0 Å². The lowest BCUT2D eigenvalue weighted by atomic mass is 9.98. The van der Waals surface area contributed by atoms with E-state index in [1.807, 2.05) is 13.0 Å². The maximum Gasteiger partial charge on any atom is 0.292 e. The number of fused-ring (bicyclic) bond motifs is 3. The van der Waals surface area contributed by atoms with Crippen molar-refractivity contribution in [3.8, 4) is 0 Å². The van der Waals surface area contributed by atoms with E-state index < -0.39 is 10.6 Å². The second-order valence-electron chi connectivity index (χ2n) is 8.57. The van der Waals surface area contributed by atoms with E-state index in [0.29, 0.717) is 55.8 Å². The summed E-state index contributed by atoms with van der Waals surface area (Å²) in [6.45, 7) is 2.91. The van der Waals surface area contributed by atoms with Crippen molar-refractivity contribution >= 4 is 34.8 Å². The SMILES string of the molecule is CC12CCC(=O)N1c1ccccc1C(=O)N2CCCC(=O)NCCNc1ccccc1[N+](=O)[O-]. The van der Waals surface area contributed by atoms with E-state index in [-0.39, 0.29) is 29.8 Å². The van der Waals surface area contributed by atoms with E-state index in [2.05, 4.69) is 10.6 Å². The van der Waals surface area contributed by atoms with Crippen LogP contribution in [0.15, 0.2) is 48.5 Å². The van der Waals surface area contributed by atoms with Crippen LogP contribution in [0, 0.1) is 10.1 Å². The standard InChI is InChI=1S/C24H27N5O5/c1-24-13-12-22(31)28(24)19-9-4-2-7-17(19)23(32)27(24)16-6-11-21(30)26-15-14-25-18-8-3-5-10-20(18)29(33)34/h2-5,7-10,25H,6,11-16H2,1H3,(H,26,30). The van der Waals surface area contributed by atoms with Crippen molar-refractivity contribution < 1.29 is 19.3 Å². The zero-order chi connectivity index (χ0) is 24.3. The molecule has 0 spiro atoms. The molecule has 1 fully saturated rings. The predicted molar refractivity (Wildman–Crippen MR) is 126 cm³/mol. The van der Waals surface area contributed by atoms with Gasteiger partial charge in [0.15, 0.2) is 0 Å². The van der Waals surface area contributed by atoms with Crippen LogP contribution in [0.1, 0.15) is 43.0 Å². The quantitative estimate of drug-likeness (QED) is 0.333. The van der Waals surface area contributed by atoms with Crippen molar-refractivity contribution in [3.63, 3.8) is 0 Å². The van der Waals surface area contributed by atoms with Gasteiger partial charge < -0.3 is 15.5 Å². The number of hydrogen-bond donors (Lipinski definition) is 2. The number of amides is 3. The summed E-state index contributed by atoms with van der Waals surface area (Å²) in [5.41, 5.74) is 0.801. The number of benzene rings is 2. The van der Waals surface area contributed by atoms with Crippen molar-refractivity contribution in [1.29, 1.82) is 0 Å². The molecule has 0 saturated carbocycles. The van der Waals surface area contributed by atoms with Crippen molar-refractivity contribution in [2.75, 3.05) is 29.9 Å². The highest BCUT2D eigenvalue weighted by Gasteiger charge is 2.52. The van der Waals surface area contributed by atoms with Crippen LogP contribution in [0.5, 0.6) is 0 Å². The molecule has 4 rings (SSSR count). The second kappa shape index (κ2) is 9.50. The molecule has 0 bridgehead atoms. The summed E-state index contributed by atoms with van der Waals surface area (Å²) >= 11 is 0. The Morgan fingerprint density at radius 3 is 2.65 bits per heavy atom. The maximum absolute atomic E-state index is 13.2. The van der Waals surface area contributed by atoms with Crippen LogP contribution in [0.2, 0.25) is 0 Å². The molecule has 0 radical (unpaired) electrons. The zero-order valence-corrected chi connectivity index (χ0v) is 19.0. The highest BCUT2D eigenvalue weighted by atomic mass is 16.6. The molecular formula is C24H27N5O5. The Morgan fingerprint density at radius 2 is 1.85 bits per heavy atom. The topological polar surface area (TPSA) is 125 Å². The first-order chi connectivity index (χ1) is 16.3. The lowest BCUT2D eigenvalue weighted by molar-refractivity contribution is -0.384. The highest BCUT2D eigenvalue weighted by molar-refractivity contribution is 6.10. The normalized spacial score (nSPS) is 19.0. The molecule has 3 amide bonds. The summed E-state index contributed by atoms with van der Waals surface area (Å²) in [5, 5.41) is 16.8.